The molecule has 0 aromatic carbocycles. The van der Waals surface area contributed by atoms with Gasteiger partial charge in [0.25, 0.3) is 0 Å². The summed E-state index contributed by atoms with van der Waals surface area (Å²) < 4.78 is 60.8. The number of cyclic esters (lactones) is 4. The first kappa shape index (κ1) is 12.3. The molecule has 16 heavy (non-hydrogen) atoms. The Kier molecular flexibility index (Phi) is 3.74. The van der Waals surface area contributed by atoms with Crippen LogP contribution in [0.1, 0.15) is 0 Å². The van der Waals surface area contributed by atoms with Crippen LogP contribution in [-0.2, 0) is 18.9 Å². The minimum absolute atomic E-state index is 1.30. The van der Waals surface area contributed by atoms with Crippen molar-refractivity contribution in [2.24, 2.45) is 0 Å². The smallest absolute Gasteiger partial charge is 0.392 e. The number of ether oxygens (including phenoxy) is 4. The van der Waals surface area contributed by atoms with Crippen molar-refractivity contribution in [1.82, 2.24) is 0 Å². The van der Waals surface area contributed by atoms with Crippen molar-refractivity contribution in [3.05, 3.63) is 0 Å². The lowest BCUT2D eigenvalue weighted by Crippen LogP contribution is -2.09. The van der Waals surface area contributed by atoms with Gasteiger partial charge in [0, 0.05) is 0 Å². The van der Waals surface area contributed by atoms with Gasteiger partial charge >= 0.3 is 37.7 Å². The minimum atomic E-state index is -2.25. The van der Waals surface area contributed by atoms with Crippen molar-refractivity contribution in [3.8, 4) is 0 Å². The zero-order valence-corrected chi connectivity index (χ0v) is 7.27. The molecule has 2 saturated heterocycles. The Labute approximate surface area is 85.0 Å². The molecule has 4 atom stereocenters. The highest BCUT2D eigenvalue weighted by molar-refractivity contribution is 5.62. The van der Waals surface area contributed by atoms with Gasteiger partial charge in [-0.3, -0.25) is 0 Å². The van der Waals surface area contributed by atoms with E-state index in [4.69, 9.17) is 0 Å². The molecular weight excluding hydrogens is 244 g/mol. The molecule has 0 saturated carbocycles. The Hall–Kier alpha value is -1.74. The molecule has 4 unspecified atom stereocenters. The standard InChI is InChI=1S/2C3H2F2O3/c2*4-1-2(5)8-3(6)7-1/h2*1-2H. The molecule has 92 valence electrons. The maximum absolute atomic E-state index is 11.6. The number of hydrogen-bond acceptors (Lipinski definition) is 6. The highest BCUT2D eigenvalue weighted by atomic mass is 19.2. The third kappa shape index (κ3) is 3.14. The Morgan fingerprint density at radius 2 is 0.812 bits per heavy atom. The van der Waals surface area contributed by atoms with Crippen LogP contribution in [0.5, 0.6) is 0 Å². The summed E-state index contributed by atoms with van der Waals surface area (Å²) in [4.78, 5) is 19.5. The van der Waals surface area contributed by atoms with Crippen LogP contribution in [0.4, 0.5) is 27.2 Å². The van der Waals surface area contributed by atoms with Crippen LogP contribution in [0.25, 0.3) is 0 Å². The van der Waals surface area contributed by atoms with Gasteiger partial charge < -0.3 is 18.9 Å². The minimum Gasteiger partial charge on any atom is -0.392 e. The first-order chi connectivity index (χ1) is 7.40. The molecule has 0 radical (unpaired) electrons. The lowest BCUT2D eigenvalue weighted by molar-refractivity contribution is -0.0349. The number of carbonyl (C=O) groups excluding carboxylic acids is 2. The summed E-state index contributed by atoms with van der Waals surface area (Å²) >= 11 is 0. The van der Waals surface area contributed by atoms with Gasteiger partial charge in [0.1, 0.15) is 0 Å². The summed E-state index contributed by atoms with van der Waals surface area (Å²) in [5.74, 6) is 0. The molecule has 2 heterocycles. The zero-order chi connectivity index (χ0) is 12.3. The first-order valence-corrected chi connectivity index (χ1v) is 3.71. The normalized spacial score (nSPS) is 36.5. The van der Waals surface area contributed by atoms with E-state index in [0.717, 1.165) is 0 Å². The van der Waals surface area contributed by atoms with E-state index in [1.165, 1.54) is 0 Å². The Bertz CT molecular complexity index is 234. The van der Waals surface area contributed by atoms with Gasteiger partial charge in [0.15, 0.2) is 0 Å². The van der Waals surface area contributed by atoms with E-state index in [0.29, 0.717) is 0 Å². The monoisotopic (exact) mass is 248 g/mol. The molecule has 2 aliphatic rings. The molecule has 6 nitrogen and oxygen atoms in total. The van der Waals surface area contributed by atoms with Gasteiger partial charge in [-0.05, 0) is 0 Å². The maximum atomic E-state index is 11.6. The Balaban J connectivity index is 0.000000160. The molecule has 0 aromatic heterocycles. The van der Waals surface area contributed by atoms with Crippen LogP contribution in [0.15, 0.2) is 0 Å². The quantitative estimate of drug-likeness (QED) is 0.477. The van der Waals surface area contributed by atoms with Crippen molar-refractivity contribution in [2.75, 3.05) is 0 Å². The van der Waals surface area contributed by atoms with Crippen LogP contribution in [-0.4, -0.2) is 37.7 Å². The molecule has 0 bridgehead atoms. The molecule has 0 spiro atoms. The van der Waals surface area contributed by atoms with E-state index in [9.17, 15) is 27.2 Å². The summed E-state index contributed by atoms with van der Waals surface area (Å²) in [6.45, 7) is 0. The third-order valence-corrected chi connectivity index (χ3v) is 1.25. The van der Waals surface area contributed by atoms with Crippen molar-refractivity contribution >= 4 is 12.3 Å². The van der Waals surface area contributed by atoms with Gasteiger partial charge in [0.2, 0.25) is 0 Å². The third-order valence-electron chi connectivity index (χ3n) is 1.25. The molecule has 2 rings (SSSR count). The second kappa shape index (κ2) is 4.86. The van der Waals surface area contributed by atoms with Crippen LogP contribution >= 0.6 is 0 Å². The maximum Gasteiger partial charge on any atom is 0.513 e. The highest BCUT2D eigenvalue weighted by Crippen LogP contribution is 2.16. The second-order valence-corrected chi connectivity index (χ2v) is 2.38. The molecule has 0 N–H and O–H groups in total. The summed E-state index contributed by atoms with van der Waals surface area (Å²) in [7, 11) is 0. The number of alkyl halides is 4. The van der Waals surface area contributed by atoms with E-state index in [1.807, 2.05) is 0 Å². The summed E-state index contributed by atoms with van der Waals surface area (Å²) in [5.41, 5.74) is 0. The van der Waals surface area contributed by atoms with E-state index in [-0.39, 0.29) is 0 Å². The topological polar surface area (TPSA) is 71.1 Å². The SMILES string of the molecule is O=C1OC(F)C(F)O1.O=C1OC(F)C(F)O1. The van der Waals surface area contributed by atoms with Crippen LogP contribution in [0.2, 0.25) is 0 Å². The predicted molar refractivity (Wildman–Crippen MR) is 34.7 cm³/mol. The van der Waals surface area contributed by atoms with Crippen molar-refractivity contribution in [2.45, 2.75) is 25.4 Å². The summed E-state index contributed by atoms with van der Waals surface area (Å²) in [5, 5.41) is 0. The largest absolute Gasteiger partial charge is 0.513 e. The average molecular weight is 248 g/mol. The van der Waals surface area contributed by atoms with E-state index >= 15 is 0 Å². The lowest BCUT2D eigenvalue weighted by atomic mass is 10.7. The van der Waals surface area contributed by atoms with Gasteiger partial charge in [-0.15, -0.1) is 0 Å². The Morgan fingerprint density at radius 1 is 0.625 bits per heavy atom. The number of carbonyl (C=O) groups is 2. The molecule has 0 aromatic rings. The fourth-order valence-corrected chi connectivity index (χ4v) is 0.637. The average Bonchev–Trinajstić information content (AvgIpc) is 2.58. The second-order valence-electron chi connectivity index (χ2n) is 2.38. The van der Waals surface area contributed by atoms with Crippen molar-refractivity contribution in [1.29, 1.82) is 0 Å². The molecule has 2 aliphatic heterocycles. The fourth-order valence-electron chi connectivity index (χ4n) is 0.637. The molecule has 2 fully saturated rings. The first-order valence-electron chi connectivity index (χ1n) is 3.71. The van der Waals surface area contributed by atoms with Crippen molar-refractivity contribution in [3.63, 3.8) is 0 Å². The van der Waals surface area contributed by atoms with Crippen LogP contribution in [0, 0.1) is 0 Å². The molecule has 0 amide bonds. The lowest BCUT2D eigenvalue weighted by Gasteiger charge is -1.92. The molecular formula is C6H4F4O6. The molecule has 0 aliphatic carbocycles. The van der Waals surface area contributed by atoms with Gasteiger partial charge in [-0.25, -0.2) is 9.59 Å². The van der Waals surface area contributed by atoms with E-state index in [1.54, 1.807) is 0 Å². The fraction of sp³-hybridized carbons (Fsp3) is 0.667. The summed E-state index contributed by atoms with van der Waals surface area (Å²) in [6.07, 6.45) is -11.6. The van der Waals surface area contributed by atoms with Crippen LogP contribution in [0.3, 0.4) is 0 Å². The highest BCUT2D eigenvalue weighted by Gasteiger charge is 2.37. The zero-order valence-electron chi connectivity index (χ0n) is 7.27. The molecule has 10 heteroatoms. The summed E-state index contributed by atoms with van der Waals surface area (Å²) in [6, 6.07) is 0. The predicted octanol–water partition coefficient (Wildman–Crippen LogP) is 1.49. The number of hydrogen-bond donors (Lipinski definition) is 0. The number of rotatable bonds is 0. The van der Waals surface area contributed by atoms with Crippen molar-refractivity contribution < 1.29 is 46.1 Å². The van der Waals surface area contributed by atoms with Gasteiger partial charge in [-0.2, -0.15) is 17.6 Å². The van der Waals surface area contributed by atoms with Crippen LogP contribution < -0.4 is 0 Å². The van der Waals surface area contributed by atoms with E-state index < -0.39 is 37.7 Å². The van der Waals surface area contributed by atoms with E-state index in [2.05, 4.69) is 18.9 Å². The van der Waals surface area contributed by atoms with Gasteiger partial charge in [0.05, 0.1) is 0 Å². The Morgan fingerprint density at radius 3 is 0.875 bits per heavy atom. The van der Waals surface area contributed by atoms with Gasteiger partial charge in [-0.1, -0.05) is 0 Å². The number of halogens is 4.